The van der Waals surface area contributed by atoms with Crippen LogP contribution >= 0.6 is 11.6 Å². The second kappa shape index (κ2) is 7.51. The van der Waals surface area contributed by atoms with Gasteiger partial charge in [-0.25, -0.2) is 19.4 Å². The van der Waals surface area contributed by atoms with E-state index in [4.69, 9.17) is 16.3 Å². The average molecular weight is 415 g/mol. The van der Waals surface area contributed by atoms with Crippen molar-refractivity contribution in [1.29, 1.82) is 0 Å². The van der Waals surface area contributed by atoms with Gasteiger partial charge in [-0.05, 0) is 51.8 Å². The highest BCUT2D eigenvalue weighted by Gasteiger charge is 2.27. The van der Waals surface area contributed by atoms with Gasteiger partial charge in [0, 0.05) is 18.1 Å². The van der Waals surface area contributed by atoms with Crippen molar-refractivity contribution in [3.63, 3.8) is 0 Å². The number of likely N-dealkylation sites (tertiary alicyclic amines) is 1. The number of ether oxygens (including phenoxy) is 1. The lowest BCUT2D eigenvalue weighted by atomic mass is 10.1. The van der Waals surface area contributed by atoms with Gasteiger partial charge < -0.3 is 9.64 Å². The van der Waals surface area contributed by atoms with Crippen molar-refractivity contribution in [3.8, 4) is 11.6 Å². The van der Waals surface area contributed by atoms with Gasteiger partial charge in [0.1, 0.15) is 17.5 Å². The second-order valence-corrected chi connectivity index (χ2v) is 8.43. The fourth-order valence-corrected chi connectivity index (χ4v) is 3.48. The third-order valence-electron chi connectivity index (χ3n) is 4.70. The Kier molecular flexibility index (Phi) is 5.04. The zero-order chi connectivity index (χ0) is 20.6. The molecule has 4 rings (SSSR count). The molecule has 8 nitrogen and oxygen atoms in total. The van der Waals surface area contributed by atoms with Gasteiger partial charge in [0.05, 0.1) is 5.54 Å². The molecule has 1 fully saturated rings. The minimum absolute atomic E-state index is 0.181. The Labute approximate surface area is 173 Å². The number of carbonyl (C=O) groups is 1. The van der Waals surface area contributed by atoms with E-state index >= 15 is 0 Å². The van der Waals surface area contributed by atoms with Crippen LogP contribution in [0.1, 0.15) is 33.6 Å². The molecule has 0 atom stereocenters. The van der Waals surface area contributed by atoms with E-state index < -0.39 is 0 Å². The molecule has 1 aromatic carbocycles. The van der Waals surface area contributed by atoms with E-state index in [-0.39, 0.29) is 11.6 Å². The number of nitrogens with one attached hydrogen (secondary N) is 1. The minimum Gasteiger partial charge on any atom is -0.437 e. The van der Waals surface area contributed by atoms with Crippen LogP contribution in [0.15, 0.2) is 30.6 Å². The topological polar surface area (TPSA) is 85.2 Å². The summed E-state index contributed by atoms with van der Waals surface area (Å²) in [4.78, 5) is 23.1. The Morgan fingerprint density at radius 2 is 1.97 bits per heavy atom. The number of hydrogen-bond donors (Lipinski definition) is 1. The standard InChI is InChI=1S/C20H23ClN6O2/c1-20(2,3)27-17-15(18(25-27)29-14-8-6-7-13(21)11-14)16(22-12-23-17)24-19(28)26-9-4-5-10-26/h6-8,11-12H,4-5,9-10H2,1-3H3,(H,22,23,24,28). The van der Waals surface area contributed by atoms with E-state index in [2.05, 4.69) is 20.4 Å². The number of anilines is 1. The van der Waals surface area contributed by atoms with E-state index in [9.17, 15) is 4.79 Å². The van der Waals surface area contributed by atoms with Crippen molar-refractivity contribution in [2.45, 2.75) is 39.2 Å². The van der Waals surface area contributed by atoms with Gasteiger partial charge >= 0.3 is 6.03 Å². The second-order valence-electron chi connectivity index (χ2n) is 7.99. The van der Waals surface area contributed by atoms with Gasteiger partial charge in [0.2, 0.25) is 0 Å². The molecule has 152 valence electrons. The Balaban J connectivity index is 1.79. The molecule has 29 heavy (non-hydrogen) atoms. The maximum atomic E-state index is 12.6. The fraction of sp³-hybridized carbons (Fsp3) is 0.400. The normalized spacial score (nSPS) is 14.4. The van der Waals surface area contributed by atoms with Gasteiger partial charge in [0.25, 0.3) is 5.88 Å². The summed E-state index contributed by atoms with van der Waals surface area (Å²) >= 11 is 6.09. The van der Waals surface area contributed by atoms with Crippen molar-refractivity contribution >= 4 is 34.5 Å². The van der Waals surface area contributed by atoms with E-state index in [1.165, 1.54) is 6.33 Å². The molecular weight excluding hydrogens is 392 g/mol. The summed E-state index contributed by atoms with van der Waals surface area (Å²) < 4.78 is 7.81. The first kappa shape index (κ1) is 19.4. The Hall–Kier alpha value is -2.87. The summed E-state index contributed by atoms with van der Waals surface area (Å²) in [6.07, 6.45) is 3.45. The van der Waals surface area contributed by atoms with Crippen LogP contribution in [0.4, 0.5) is 10.6 Å². The molecule has 1 aliphatic heterocycles. The molecule has 2 amide bonds. The monoisotopic (exact) mass is 414 g/mol. The first-order valence-corrected chi connectivity index (χ1v) is 9.94. The van der Waals surface area contributed by atoms with Crippen LogP contribution in [0.25, 0.3) is 11.0 Å². The van der Waals surface area contributed by atoms with E-state index in [1.54, 1.807) is 33.8 Å². The number of benzene rings is 1. The molecule has 1 saturated heterocycles. The smallest absolute Gasteiger partial charge is 0.323 e. The maximum absolute atomic E-state index is 12.6. The van der Waals surface area contributed by atoms with E-state index in [1.807, 2.05) is 20.8 Å². The lowest BCUT2D eigenvalue weighted by Gasteiger charge is -2.19. The molecule has 9 heteroatoms. The highest BCUT2D eigenvalue weighted by atomic mass is 35.5. The lowest BCUT2D eigenvalue weighted by molar-refractivity contribution is 0.222. The molecule has 0 radical (unpaired) electrons. The van der Waals surface area contributed by atoms with E-state index in [0.29, 0.717) is 33.5 Å². The third kappa shape index (κ3) is 3.98. The SMILES string of the molecule is CC(C)(C)n1nc(Oc2cccc(Cl)c2)c2c(NC(=O)N3CCCC3)ncnc21. The van der Waals surface area contributed by atoms with Crippen LogP contribution in [0.5, 0.6) is 11.6 Å². The van der Waals surface area contributed by atoms with Crippen molar-refractivity contribution < 1.29 is 9.53 Å². The molecule has 0 unspecified atom stereocenters. The number of nitrogens with zero attached hydrogens (tertiary/aromatic N) is 5. The summed E-state index contributed by atoms with van der Waals surface area (Å²) in [7, 11) is 0. The number of hydrogen-bond acceptors (Lipinski definition) is 5. The van der Waals surface area contributed by atoms with Crippen molar-refractivity contribution in [2.24, 2.45) is 0 Å². The van der Waals surface area contributed by atoms with Crippen LogP contribution in [0.2, 0.25) is 5.02 Å². The van der Waals surface area contributed by atoms with Crippen LogP contribution < -0.4 is 10.1 Å². The van der Waals surface area contributed by atoms with Gasteiger partial charge in [0.15, 0.2) is 11.5 Å². The lowest BCUT2D eigenvalue weighted by Crippen LogP contribution is -2.32. The number of fused-ring (bicyclic) bond motifs is 1. The number of amides is 2. The molecule has 0 aliphatic carbocycles. The van der Waals surface area contributed by atoms with Gasteiger partial charge in [-0.15, -0.1) is 5.10 Å². The molecule has 1 N–H and O–H groups in total. The number of carbonyl (C=O) groups excluding carboxylic acids is 1. The summed E-state index contributed by atoms with van der Waals surface area (Å²) in [5.41, 5.74) is 0.236. The number of rotatable bonds is 3. The van der Waals surface area contributed by atoms with Crippen LogP contribution in [0, 0.1) is 0 Å². The van der Waals surface area contributed by atoms with Crippen molar-refractivity contribution in [2.75, 3.05) is 18.4 Å². The highest BCUT2D eigenvalue weighted by Crippen LogP contribution is 2.35. The van der Waals surface area contributed by atoms with Crippen LogP contribution in [0.3, 0.4) is 0 Å². The largest absolute Gasteiger partial charge is 0.437 e. The molecule has 2 aromatic heterocycles. The van der Waals surface area contributed by atoms with Crippen molar-refractivity contribution in [1.82, 2.24) is 24.6 Å². The molecule has 3 heterocycles. The predicted octanol–water partition coefficient (Wildman–Crippen LogP) is 4.65. The molecular formula is C20H23ClN6O2. The minimum atomic E-state index is -0.348. The summed E-state index contributed by atoms with van der Waals surface area (Å²) in [5.74, 6) is 1.23. The van der Waals surface area contributed by atoms with E-state index in [0.717, 1.165) is 25.9 Å². The molecule has 0 spiro atoms. The zero-order valence-electron chi connectivity index (χ0n) is 16.6. The van der Waals surface area contributed by atoms with Gasteiger partial charge in [-0.1, -0.05) is 17.7 Å². The Morgan fingerprint density at radius 3 is 2.66 bits per heavy atom. The third-order valence-corrected chi connectivity index (χ3v) is 4.93. The summed E-state index contributed by atoms with van der Waals surface area (Å²) in [6, 6.07) is 6.88. The maximum Gasteiger partial charge on any atom is 0.323 e. The highest BCUT2D eigenvalue weighted by molar-refractivity contribution is 6.30. The quantitative estimate of drug-likeness (QED) is 0.673. The molecule has 0 bridgehead atoms. The number of aromatic nitrogens is 4. The number of halogens is 1. The zero-order valence-corrected chi connectivity index (χ0v) is 17.4. The van der Waals surface area contributed by atoms with Crippen LogP contribution in [-0.4, -0.2) is 43.8 Å². The summed E-state index contributed by atoms with van der Waals surface area (Å²) in [5, 5.41) is 8.65. The molecule has 0 saturated carbocycles. The first-order chi connectivity index (χ1) is 13.8. The van der Waals surface area contributed by atoms with Gasteiger partial charge in [-0.2, -0.15) is 0 Å². The number of urea groups is 1. The molecule has 3 aromatic rings. The van der Waals surface area contributed by atoms with Crippen LogP contribution in [-0.2, 0) is 5.54 Å². The fourth-order valence-electron chi connectivity index (χ4n) is 3.30. The van der Waals surface area contributed by atoms with Crippen molar-refractivity contribution in [3.05, 3.63) is 35.6 Å². The molecule has 1 aliphatic rings. The summed E-state index contributed by atoms with van der Waals surface area (Å²) in [6.45, 7) is 7.55. The average Bonchev–Trinajstić information content (AvgIpc) is 3.30. The van der Waals surface area contributed by atoms with Gasteiger partial charge in [-0.3, -0.25) is 5.32 Å². The Morgan fingerprint density at radius 1 is 1.21 bits per heavy atom. The predicted molar refractivity (Wildman–Crippen MR) is 112 cm³/mol. The first-order valence-electron chi connectivity index (χ1n) is 9.56. The Bertz CT molecular complexity index is 1050.